The number of carbonyl (C=O) groups excluding carboxylic acids is 1. The zero-order valence-corrected chi connectivity index (χ0v) is 18.9. The number of morpholine rings is 1. The highest BCUT2D eigenvalue weighted by Crippen LogP contribution is 2.38. The van der Waals surface area contributed by atoms with Gasteiger partial charge in [0.15, 0.2) is 23.1 Å². The van der Waals surface area contributed by atoms with Crippen LogP contribution in [-0.4, -0.2) is 68.5 Å². The molecule has 1 saturated heterocycles. The lowest BCUT2D eigenvalue weighted by molar-refractivity contribution is -0.117. The van der Waals surface area contributed by atoms with Gasteiger partial charge >= 0.3 is 0 Å². The standard InChI is InChI=1S/C24H27N9O2/c1-3-25-23-21-17(11-19(29-30-21)27-24(34)16-10-14(16)2)18(12-26-23)22-28-20-5-4-15(13-33(20)31-22)32-6-8-35-9-7-32/h4-5,11-14,16H,3,6-10H2,1-2H3,(H,25,26)(H,27,29,34)/t14-,16+/m1/s1/i1D3,3D2,13D. The van der Waals surface area contributed by atoms with Crippen LogP contribution >= 0.6 is 0 Å². The number of pyridine rings is 2. The van der Waals surface area contributed by atoms with E-state index in [-0.39, 0.29) is 46.9 Å². The molecule has 0 aromatic carbocycles. The molecule has 35 heavy (non-hydrogen) atoms. The van der Waals surface area contributed by atoms with E-state index in [2.05, 4.69) is 35.9 Å². The molecule has 1 saturated carbocycles. The van der Waals surface area contributed by atoms with E-state index in [0.29, 0.717) is 48.6 Å². The summed E-state index contributed by atoms with van der Waals surface area (Å²) in [7, 11) is 0. The Morgan fingerprint density at radius 2 is 2.20 bits per heavy atom. The van der Waals surface area contributed by atoms with Gasteiger partial charge in [0.1, 0.15) is 5.52 Å². The lowest BCUT2D eigenvalue weighted by Crippen LogP contribution is -2.36. The average molecular weight is 480 g/mol. The second-order valence-electron chi connectivity index (χ2n) is 8.71. The van der Waals surface area contributed by atoms with Crippen LogP contribution < -0.4 is 15.5 Å². The summed E-state index contributed by atoms with van der Waals surface area (Å²) < 4.78 is 54.3. The van der Waals surface area contributed by atoms with Crippen molar-refractivity contribution in [3.05, 3.63) is 30.6 Å². The number of anilines is 3. The van der Waals surface area contributed by atoms with E-state index in [1.54, 1.807) is 12.1 Å². The molecule has 11 heteroatoms. The summed E-state index contributed by atoms with van der Waals surface area (Å²) >= 11 is 0. The molecule has 6 rings (SSSR count). The first-order chi connectivity index (χ1) is 19.4. The SMILES string of the molecule is [2H]c1c(N2CCOCC2)ccc2nc(-c3cnc(NC([2H])([2H])C([2H])([2H])[2H])c4nnc(NC(=O)[C@H]5C[C@H]5C)cc34)nn12. The summed E-state index contributed by atoms with van der Waals surface area (Å²) in [6.45, 7) is -1.39. The second kappa shape index (κ2) is 8.73. The van der Waals surface area contributed by atoms with Gasteiger partial charge in [-0.15, -0.1) is 15.3 Å². The van der Waals surface area contributed by atoms with E-state index in [4.69, 9.17) is 13.0 Å². The van der Waals surface area contributed by atoms with Crippen molar-refractivity contribution in [2.45, 2.75) is 20.2 Å². The number of amides is 1. The highest BCUT2D eigenvalue weighted by Gasteiger charge is 2.39. The van der Waals surface area contributed by atoms with Crippen molar-refractivity contribution in [1.29, 1.82) is 0 Å². The van der Waals surface area contributed by atoms with Gasteiger partial charge in [0.25, 0.3) is 0 Å². The lowest BCUT2D eigenvalue weighted by atomic mass is 10.1. The molecule has 2 N–H and O–H groups in total. The minimum Gasteiger partial charge on any atom is -0.378 e. The normalized spacial score (nSPS) is 23.1. The third kappa shape index (κ3) is 4.12. The Hall–Kier alpha value is -3.86. The third-order valence-corrected chi connectivity index (χ3v) is 6.35. The number of ether oxygens (including phenoxy) is 1. The lowest BCUT2D eigenvalue weighted by Gasteiger charge is -2.28. The fourth-order valence-corrected chi connectivity index (χ4v) is 4.24. The van der Waals surface area contributed by atoms with Crippen LogP contribution in [0.2, 0.25) is 0 Å². The van der Waals surface area contributed by atoms with Gasteiger partial charge in [0, 0.05) is 49.5 Å². The molecule has 180 valence electrons. The summed E-state index contributed by atoms with van der Waals surface area (Å²) in [6.07, 6.45) is 2.31. The van der Waals surface area contributed by atoms with E-state index in [9.17, 15) is 4.79 Å². The summed E-state index contributed by atoms with van der Waals surface area (Å²) in [5, 5.41) is 18.3. The molecule has 2 aliphatic rings. The van der Waals surface area contributed by atoms with E-state index >= 15 is 0 Å². The Kier molecular flexibility index (Phi) is 3.97. The molecule has 0 radical (unpaired) electrons. The largest absolute Gasteiger partial charge is 0.378 e. The predicted octanol–water partition coefficient (Wildman–Crippen LogP) is 2.60. The smallest absolute Gasteiger partial charge is 0.228 e. The van der Waals surface area contributed by atoms with Crippen LogP contribution in [0.25, 0.3) is 27.9 Å². The van der Waals surface area contributed by atoms with Crippen molar-refractivity contribution in [2.75, 3.05) is 48.3 Å². The molecular formula is C24H27N9O2. The van der Waals surface area contributed by atoms with Crippen molar-refractivity contribution < 1.29 is 17.8 Å². The topological polar surface area (TPSA) is 122 Å². The zero-order chi connectivity index (χ0) is 29.1. The van der Waals surface area contributed by atoms with Gasteiger partial charge in [-0.2, -0.15) is 0 Å². The van der Waals surface area contributed by atoms with Crippen molar-refractivity contribution in [2.24, 2.45) is 11.8 Å². The van der Waals surface area contributed by atoms with Crippen LogP contribution in [-0.2, 0) is 9.53 Å². The molecule has 0 spiro atoms. The second-order valence-corrected chi connectivity index (χ2v) is 8.71. The van der Waals surface area contributed by atoms with Crippen LogP contribution in [0.3, 0.4) is 0 Å². The maximum atomic E-state index is 12.6. The number of carbonyl (C=O) groups is 1. The molecule has 5 heterocycles. The van der Waals surface area contributed by atoms with Crippen molar-refractivity contribution >= 4 is 39.8 Å². The fraction of sp³-hybridized carbons (Fsp3) is 0.417. The Balaban J connectivity index is 1.45. The fourth-order valence-electron chi connectivity index (χ4n) is 4.24. The molecule has 4 aromatic rings. The molecular weight excluding hydrogens is 446 g/mol. The Morgan fingerprint density at radius 1 is 1.34 bits per heavy atom. The van der Waals surface area contributed by atoms with Gasteiger partial charge < -0.3 is 20.3 Å². The number of fused-ring (bicyclic) bond motifs is 2. The molecule has 0 bridgehead atoms. The van der Waals surface area contributed by atoms with E-state index in [1.165, 1.54) is 10.7 Å². The van der Waals surface area contributed by atoms with Crippen LogP contribution in [0, 0.1) is 11.8 Å². The van der Waals surface area contributed by atoms with Crippen molar-refractivity contribution in [1.82, 2.24) is 29.8 Å². The quantitative estimate of drug-likeness (QED) is 0.429. The summed E-state index contributed by atoms with van der Waals surface area (Å²) in [4.78, 5) is 23.5. The number of nitrogens with zero attached hydrogens (tertiary/aromatic N) is 7. The predicted molar refractivity (Wildman–Crippen MR) is 132 cm³/mol. The Morgan fingerprint density at radius 3 is 3.00 bits per heavy atom. The molecule has 2 atom stereocenters. The van der Waals surface area contributed by atoms with E-state index in [1.807, 2.05) is 17.9 Å². The molecule has 0 unspecified atom stereocenters. The molecule has 1 aliphatic heterocycles. The Labute approximate surface area is 210 Å². The van der Waals surface area contributed by atoms with Gasteiger partial charge in [-0.3, -0.25) is 4.79 Å². The molecule has 11 nitrogen and oxygen atoms in total. The molecule has 1 amide bonds. The van der Waals surface area contributed by atoms with Crippen LogP contribution in [0.5, 0.6) is 0 Å². The van der Waals surface area contributed by atoms with E-state index < -0.39 is 13.3 Å². The molecule has 1 aliphatic carbocycles. The summed E-state index contributed by atoms with van der Waals surface area (Å²) in [5.41, 5.74) is 1.56. The third-order valence-electron chi connectivity index (χ3n) is 6.35. The first-order valence-electron chi connectivity index (χ1n) is 14.4. The number of aromatic nitrogens is 6. The van der Waals surface area contributed by atoms with Crippen molar-refractivity contribution in [3.63, 3.8) is 0 Å². The number of nitrogens with one attached hydrogen (secondary N) is 2. The average Bonchev–Trinajstić information content (AvgIpc) is 3.50. The number of rotatable bonds is 6. The highest BCUT2D eigenvalue weighted by molar-refractivity contribution is 6.01. The monoisotopic (exact) mass is 479 g/mol. The van der Waals surface area contributed by atoms with E-state index in [0.717, 1.165) is 6.42 Å². The highest BCUT2D eigenvalue weighted by atomic mass is 16.5. The van der Waals surface area contributed by atoms with Gasteiger partial charge in [-0.05, 0) is 37.4 Å². The van der Waals surface area contributed by atoms with Gasteiger partial charge in [0.05, 0.1) is 26.4 Å². The maximum absolute atomic E-state index is 12.6. The van der Waals surface area contributed by atoms with Gasteiger partial charge in [-0.25, -0.2) is 14.5 Å². The van der Waals surface area contributed by atoms with Crippen LogP contribution in [0.15, 0.2) is 30.6 Å². The zero-order valence-electron chi connectivity index (χ0n) is 24.9. The molecule has 4 aromatic heterocycles. The Bertz CT molecular complexity index is 1650. The van der Waals surface area contributed by atoms with Gasteiger partial charge in [-0.1, -0.05) is 6.92 Å². The summed E-state index contributed by atoms with van der Waals surface area (Å²) in [5.74, 6) is 0.221. The number of hydrogen-bond donors (Lipinski definition) is 2. The minimum absolute atomic E-state index is 0.0624. The van der Waals surface area contributed by atoms with Crippen LogP contribution in [0.4, 0.5) is 17.3 Å². The first-order valence-corrected chi connectivity index (χ1v) is 11.4. The number of hydrogen-bond acceptors (Lipinski definition) is 9. The maximum Gasteiger partial charge on any atom is 0.228 e. The van der Waals surface area contributed by atoms with Crippen molar-refractivity contribution in [3.8, 4) is 11.4 Å². The molecule has 2 fully saturated rings. The van der Waals surface area contributed by atoms with Crippen LogP contribution in [0.1, 0.15) is 28.4 Å². The first kappa shape index (κ1) is 15.9. The summed E-state index contributed by atoms with van der Waals surface area (Å²) in [6, 6.07) is 5.13. The minimum atomic E-state index is -2.99. The van der Waals surface area contributed by atoms with Gasteiger partial charge in [0.2, 0.25) is 5.91 Å².